The zero-order valence-corrected chi connectivity index (χ0v) is 12.4. The molecule has 0 aliphatic carbocycles. The molecular formula is C15H14N4O2S. The minimum Gasteiger partial charge on any atom is -0.365 e. The van der Waals surface area contributed by atoms with Gasteiger partial charge in [-0.25, -0.2) is 18.5 Å². The number of benzene rings is 2. The lowest BCUT2D eigenvalue weighted by atomic mass is 10.2. The van der Waals surface area contributed by atoms with E-state index >= 15 is 0 Å². The Labute approximate surface area is 128 Å². The maximum absolute atomic E-state index is 11.3. The number of aromatic nitrogens is 2. The Bertz CT molecular complexity index is 925. The fourth-order valence-electron chi connectivity index (χ4n) is 2.07. The Balaban J connectivity index is 1.79. The van der Waals surface area contributed by atoms with Crippen LogP contribution in [-0.4, -0.2) is 18.4 Å². The van der Waals surface area contributed by atoms with Crippen LogP contribution >= 0.6 is 0 Å². The van der Waals surface area contributed by atoms with Crippen molar-refractivity contribution in [2.24, 2.45) is 5.14 Å². The number of hydrogen-bond acceptors (Lipinski definition) is 5. The van der Waals surface area contributed by atoms with Crippen molar-refractivity contribution in [2.45, 2.75) is 11.4 Å². The number of nitrogens with zero attached hydrogens (tertiary/aromatic N) is 2. The van der Waals surface area contributed by atoms with Crippen LogP contribution < -0.4 is 10.5 Å². The second-order valence-electron chi connectivity index (χ2n) is 4.79. The molecule has 2 aromatic carbocycles. The van der Waals surface area contributed by atoms with E-state index in [1.807, 2.05) is 30.3 Å². The molecule has 0 atom stereocenters. The van der Waals surface area contributed by atoms with Crippen LogP contribution in [0.25, 0.3) is 11.0 Å². The molecule has 0 saturated carbocycles. The van der Waals surface area contributed by atoms with Crippen molar-refractivity contribution in [2.75, 3.05) is 5.32 Å². The zero-order valence-electron chi connectivity index (χ0n) is 11.6. The molecular weight excluding hydrogens is 300 g/mol. The van der Waals surface area contributed by atoms with Gasteiger partial charge >= 0.3 is 0 Å². The quantitative estimate of drug-likeness (QED) is 0.766. The van der Waals surface area contributed by atoms with Crippen LogP contribution in [0.2, 0.25) is 0 Å². The fourth-order valence-corrected chi connectivity index (χ4v) is 2.65. The minimum absolute atomic E-state index is 0.0939. The predicted octanol–water partition coefficient (Wildman–Crippen LogP) is 1.89. The van der Waals surface area contributed by atoms with Crippen LogP contribution in [0.3, 0.4) is 0 Å². The van der Waals surface area contributed by atoms with Crippen molar-refractivity contribution in [3.63, 3.8) is 0 Å². The molecule has 0 bridgehead atoms. The average Bonchev–Trinajstić information content (AvgIpc) is 2.52. The number of anilines is 1. The largest absolute Gasteiger partial charge is 0.365 e. The van der Waals surface area contributed by atoms with Crippen molar-refractivity contribution >= 4 is 26.9 Å². The summed E-state index contributed by atoms with van der Waals surface area (Å²) in [5, 5.41) is 8.25. The maximum atomic E-state index is 11.3. The highest BCUT2D eigenvalue weighted by Crippen LogP contribution is 2.14. The van der Waals surface area contributed by atoms with Gasteiger partial charge in [-0.1, -0.05) is 24.3 Å². The standard InChI is InChI=1S/C15H14N4O2S/c16-22(20,21)12-5-3-4-11(8-12)9-18-15-10-17-13-6-1-2-7-14(13)19-15/h1-8,10H,9H2,(H,18,19)(H2,16,20,21). The Morgan fingerprint density at radius 2 is 1.82 bits per heavy atom. The molecule has 0 aliphatic rings. The summed E-state index contributed by atoms with van der Waals surface area (Å²) in [5.74, 6) is 0.625. The molecule has 0 saturated heterocycles. The first-order chi connectivity index (χ1) is 10.5. The summed E-state index contributed by atoms with van der Waals surface area (Å²) >= 11 is 0. The third kappa shape index (κ3) is 3.21. The summed E-state index contributed by atoms with van der Waals surface area (Å²) in [6.07, 6.45) is 1.64. The lowest BCUT2D eigenvalue weighted by molar-refractivity contribution is 0.597. The van der Waals surface area contributed by atoms with Gasteiger partial charge in [0.2, 0.25) is 10.0 Å². The highest BCUT2D eigenvalue weighted by atomic mass is 32.2. The SMILES string of the molecule is NS(=O)(=O)c1cccc(CNc2cnc3ccccc3n2)c1. The Morgan fingerprint density at radius 3 is 2.59 bits per heavy atom. The molecule has 0 radical (unpaired) electrons. The molecule has 22 heavy (non-hydrogen) atoms. The van der Waals surface area contributed by atoms with Gasteiger partial charge in [0.1, 0.15) is 5.82 Å². The van der Waals surface area contributed by atoms with E-state index in [0.29, 0.717) is 12.4 Å². The van der Waals surface area contributed by atoms with Gasteiger partial charge in [-0.15, -0.1) is 0 Å². The molecule has 0 amide bonds. The van der Waals surface area contributed by atoms with Crippen molar-refractivity contribution in [1.29, 1.82) is 0 Å². The van der Waals surface area contributed by atoms with Gasteiger partial charge in [-0.3, -0.25) is 4.98 Å². The van der Waals surface area contributed by atoms with Crippen molar-refractivity contribution < 1.29 is 8.42 Å². The Morgan fingerprint density at radius 1 is 1.05 bits per heavy atom. The van der Waals surface area contributed by atoms with Gasteiger partial charge in [0.25, 0.3) is 0 Å². The monoisotopic (exact) mass is 314 g/mol. The number of nitrogens with two attached hydrogens (primary N) is 1. The minimum atomic E-state index is -3.69. The number of sulfonamides is 1. The molecule has 0 spiro atoms. The molecule has 0 fully saturated rings. The van der Waals surface area contributed by atoms with E-state index in [-0.39, 0.29) is 4.90 Å². The van der Waals surface area contributed by atoms with Crippen LogP contribution in [-0.2, 0) is 16.6 Å². The molecule has 6 nitrogen and oxygen atoms in total. The fraction of sp³-hybridized carbons (Fsp3) is 0.0667. The van der Waals surface area contributed by atoms with E-state index in [0.717, 1.165) is 16.6 Å². The topological polar surface area (TPSA) is 98.0 Å². The van der Waals surface area contributed by atoms with Crippen LogP contribution in [0, 0.1) is 0 Å². The second-order valence-corrected chi connectivity index (χ2v) is 6.35. The number of primary sulfonamides is 1. The van der Waals surface area contributed by atoms with Crippen LogP contribution in [0.4, 0.5) is 5.82 Å². The molecule has 112 valence electrons. The molecule has 3 rings (SSSR count). The summed E-state index contributed by atoms with van der Waals surface area (Å²) in [7, 11) is -3.69. The molecule has 0 unspecified atom stereocenters. The number of fused-ring (bicyclic) bond motifs is 1. The summed E-state index contributed by atoms with van der Waals surface area (Å²) in [6.45, 7) is 0.427. The van der Waals surface area contributed by atoms with Crippen molar-refractivity contribution in [1.82, 2.24) is 9.97 Å². The number of para-hydroxylation sites is 2. The molecule has 3 N–H and O–H groups in total. The first-order valence-corrected chi connectivity index (χ1v) is 8.14. The van der Waals surface area contributed by atoms with E-state index in [1.54, 1.807) is 12.3 Å². The normalized spacial score (nSPS) is 11.5. The van der Waals surface area contributed by atoms with E-state index < -0.39 is 10.0 Å². The summed E-state index contributed by atoms with van der Waals surface area (Å²) in [6, 6.07) is 14.1. The van der Waals surface area contributed by atoms with Crippen LogP contribution in [0.1, 0.15) is 5.56 Å². The van der Waals surface area contributed by atoms with Gasteiger partial charge in [0.05, 0.1) is 22.1 Å². The predicted molar refractivity (Wildman–Crippen MR) is 84.7 cm³/mol. The number of rotatable bonds is 4. The lowest BCUT2D eigenvalue weighted by Gasteiger charge is -2.07. The second kappa shape index (κ2) is 5.70. The Kier molecular flexibility index (Phi) is 3.74. The van der Waals surface area contributed by atoms with Crippen molar-refractivity contribution in [3.8, 4) is 0 Å². The van der Waals surface area contributed by atoms with Gasteiger partial charge in [0, 0.05) is 6.54 Å². The summed E-state index contributed by atoms with van der Waals surface area (Å²) in [4.78, 5) is 8.85. The van der Waals surface area contributed by atoms with Crippen LogP contribution in [0.5, 0.6) is 0 Å². The molecule has 0 aliphatic heterocycles. The first kappa shape index (κ1) is 14.4. The molecule has 1 heterocycles. The average molecular weight is 314 g/mol. The lowest BCUT2D eigenvalue weighted by Crippen LogP contribution is -2.12. The van der Waals surface area contributed by atoms with Gasteiger partial charge in [-0.2, -0.15) is 0 Å². The van der Waals surface area contributed by atoms with E-state index in [2.05, 4.69) is 15.3 Å². The van der Waals surface area contributed by atoms with Gasteiger partial charge in [0.15, 0.2) is 0 Å². The third-order valence-electron chi connectivity index (χ3n) is 3.15. The zero-order chi connectivity index (χ0) is 15.6. The molecule has 1 aromatic heterocycles. The van der Waals surface area contributed by atoms with Gasteiger partial charge < -0.3 is 5.32 Å². The Hall–Kier alpha value is -2.51. The maximum Gasteiger partial charge on any atom is 0.238 e. The van der Waals surface area contributed by atoms with E-state index in [1.165, 1.54) is 12.1 Å². The van der Waals surface area contributed by atoms with Crippen LogP contribution in [0.15, 0.2) is 59.6 Å². The highest BCUT2D eigenvalue weighted by molar-refractivity contribution is 7.89. The number of nitrogens with one attached hydrogen (secondary N) is 1. The third-order valence-corrected chi connectivity index (χ3v) is 4.06. The first-order valence-electron chi connectivity index (χ1n) is 6.60. The molecule has 7 heteroatoms. The smallest absolute Gasteiger partial charge is 0.238 e. The number of hydrogen-bond donors (Lipinski definition) is 2. The van der Waals surface area contributed by atoms with Gasteiger partial charge in [-0.05, 0) is 29.8 Å². The summed E-state index contributed by atoms with van der Waals surface area (Å²) < 4.78 is 22.7. The summed E-state index contributed by atoms with van der Waals surface area (Å²) in [5.41, 5.74) is 2.41. The van der Waals surface area contributed by atoms with Crippen molar-refractivity contribution in [3.05, 3.63) is 60.3 Å². The van der Waals surface area contributed by atoms with E-state index in [9.17, 15) is 8.42 Å². The van der Waals surface area contributed by atoms with E-state index in [4.69, 9.17) is 5.14 Å². The molecule has 3 aromatic rings. The highest BCUT2D eigenvalue weighted by Gasteiger charge is 2.08.